The second-order valence-electron chi connectivity index (χ2n) is 5.91. The summed E-state index contributed by atoms with van der Waals surface area (Å²) in [6.07, 6.45) is -3.08. The number of imidazole rings is 1. The molecule has 0 aliphatic carbocycles. The van der Waals surface area contributed by atoms with E-state index >= 15 is 0 Å². The molecule has 0 aromatic carbocycles. The lowest BCUT2D eigenvalue weighted by Crippen LogP contribution is -2.33. The molecule has 0 amide bonds. The normalized spacial score (nSPS) is 26.2. The van der Waals surface area contributed by atoms with Gasteiger partial charge in [0.15, 0.2) is 23.2 Å². The summed E-state index contributed by atoms with van der Waals surface area (Å²) in [4.78, 5) is 34.0. The summed E-state index contributed by atoms with van der Waals surface area (Å²) in [7, 11) is 0. The van der Waals surface area contributed by atoms with Crippen LogP contribution in [0.4, 0.5) is 5.82 Å². The largest absolute Gasteiger partial charge is 0.481 e. The number of carbonyl (C=O) groups is 2. The van der Waals surface area contributed by atoms with E-state index < -0.39 is 55.5 Å². The van der Waals surface area contributed by atoms with Gasteiger partial charge in [0.1, 0.15) is 30.7 Å². The zero-order chi connectivity index (χ0) is 19.7. The van der Waals surface area contributed by atoms with Crippen LogP contribution < -0.4 is 5.32 Å². The Morgan fingerprint density at radius 3 is 2.56 bits per heavy atom. The highest BCUT2D eigenvalue weighted by Crippen LogP contribution is 2.32. The maximum absolute atomic E-state index is 11.2. The summed E-state index contributed by atoms with van der Waals surface area (Å²) >= 11 is 0. The molecule has 1 aliphatic heterocycles. The molecule has 146 valence electrons. The summed E-state index contributed by atoms with van der Waals surface area (Å²) in [5, 5.41) is 49.7. The number of hydrogen-bond donors (Lipinski definition) is 6. The van der Waals surface area contributed by atoms with Crippen molar-refractivity contribution in [1.82, 2.24) is 19.5 Å². The molecule has 13 nitrogen and oxygen atoms in total. The molecule has 2 unspecified atom stereocenters. The average Bonchev–Trinajstić information content (AvgIpc) is 3.16. The molecule has 5 atom stereocenters. The molecule has 1 fully saturated rings. The van der Waals surface area contributed by atoms with Crippen molar-refractivity contribution in [2.75, 3.05) is 11.9 Å². The van der Waals surface area contributed by atoms with Gasteiger partial charge in [-0.25, -0.2) is 19.7 Å². The topological polar surface area (TPSA) is 200 Å². The molecule has 3 heterocycles. The second-order valence-corrected chi connectivity index (χ2v) is 5.91. The number of carboxylic acids is 2. The van der Waals surface area contributed by atoms with Crippen LogP contribution in [-0.2, 0) is 14.3 Å². The molecule has 2 aromatic heterocycles. The number of nitrogens with zero attached hydrogens (tertiary/aromatic N) is 4. The van der Waals surface area contributed by atoms with E-state index in [2.05, 4.69) is 20.3 Å². The van der Waals surface area contributed by atoms with Crippen LogP contribution in [0.1, 0.15) is 12.6 Å². The van der Waals surface area contributed by atoms with E-state index in [1.165, 1.54) is 10.9 Å². The minimum atomic E-state index is -1.44. The maximum Gasteiger partial charge on any atom is 0.326 e. The van der Waals surface area contributed by atoms with E-state index in [-0.39, 0.29) is 17.0 Å². The van der Waals surface area contributed by atoms with Gasteiger partial charge in [-0.15, -0.1) is 0 Å². The van der Waals surface area contributed by atoms with Crippen LogP contribution in [0.2, 0.25) is 0 Å². The Balaban J connectivity index is 1.93. The van der Waals surface area contributed by atoms with E-state index in [0.29, 0.717) is 0 Å². The molecule has 0 saturated carbocycles. The first-order valence-corrected chi connectivity index (χ1v) is 7.84. The van der Waals surface area contributed by atoms with Crippen molar-refractivity contribution >= 4 is 28.9 Å². The van der Waals surface area contributed by atoms with Crippen molar-refractivity contribution in [2.24, 2.45) is 0 Å². The highest BCUT2D eigenvalue weighted by Gasteiger charge is 2.44. The third kappa shape index (κ3) is 3.52. The van der Waals surface area contributed by atoms with E-state index in [1.54, 1.807) is 0 Å². The molecule has 1 saturated heterocycles. The molecule has 0 spiro atoms. The third-order valence-corrected chi connectivity index (χ3v) is 4.14. The van der Waals surface area contributed by atoms with Crippen LogP contribution in [0, 0.1) is 0 Å². The second kappa shape index (κ2) is 7.40. The van der Waals surface area contributed by atoms with Gasteiger partial charge < -0.3 is 35.6 Å². The first-order valence-electron chi connectivity index (χ1n) is 7.84. The third-order valence-electron chi connectivity index (χ3n) is 4.14. The first-order chi connectivity index (χ1) is 12.8. The predicted molar refractivity (Wildman–Crippen MR) is 85.6 cm³/mol. The van der Waals surface area contributed by atoms with Crippen LogP contribution in [0.15, 0.2) is 12.7 Å². The number of nitrogens with one attached hydrogen (secondary N) is 1. The van der Waals surface area contributed by atoms with Crippen LogP contribution >= 0.6 is 0 Å². The van der Waals surface area contributed by atoms with Crippen molar-refractivity contribution in [2.45, 2.75) is 37.0 Å². The molecular weight excluding hydrogens is 366 g/mol. The molecule has 2 aromatic rings. The fourth-order valence-corrected chi connectivity index (χ4v) is 2.79. The van der Waals surface area contributed by atoms with Gasteiger partial charge >= 0.3 is 11.9 Å². The summed E-state index contributed by atoms with van der Waals surface area (Å²) in [6.45, 7) is -0.501. The number of hydrogen-bond acceptors (Lipinski definition) is 10. The van der Waals surface area contributed by atoms with Crippen molar-refractivity contribution in [3.05, 3.63) is 12.7 Å². The number of aliphatic carboxylic acids is 2. The number of carboxylic acid groups (broad SMARTS) is 2. The van der Waals surface area contributed by atoms with Crippen LogP contribution in [0.25, 0.3) is 11.2 Å². The SMILES string of the molecule is O=C(O)CC(Nc1ncnc2c1ncn2[C@@H]1O[C@H](CO)C(O)[C@@H]1O)C(=O)O. The minimum absolute atomic E-state index is 0.0147. The Labute approximate surface area is 150 Å². The number of fused-ring (bicyclic) bond motifs is 1. The van der Waals surface area contributed by atoms with Gasteiger partial charge in [-0.05, 0) is 0 Å². The molecular formula is C14H17N5O8. The fraction of sp³-hybridized carbons (Fsp3) is 0.500. The van der Waals surface area contributed by atoms with Gasteiger partial charge in [-0.2, -0.15) is 0 Å². The van der Waals surface area contributed by atoms with E-state index in [1.807, 2.05) is 0 Å². The van der Waals surface area contributed by atoms with Crippen LogP contribution in [0.5, 0.6) is 0 Å². The lowest BCUT2D eigenvalue weighted by molar-refractivity contribution is -0.144. The van der Waals surface area contributed by atoms with Gasteiger partial charge in [0.25, 0.3) is 0 Å². The zero-order valence-corrected chi connectivity index (χ0v) is 13.7. The van der Waals surface area contributed by atoms with Crippen LogP contribution in [-0.4, -0.2) is 88.0 Å². The van der Waals surface area contributed by atoms with E-state index in [4.69, 9.17) is 14.9 Å². The van der Waals surface area contributed by atoms with E-state index in [0.717, 1.165) is 6.33 Å². The number of aromatic nitrogens is 4. The Bertz CT molecular complexity index is 857. The van der Waals surface area contributed by atoms with Gasteiger partial charge in [0.2, 0.25) is 0 Å². The fourth-order valence-electron chi connectivity index (χ4n) is 2.79. The number of ether oxygens (including phenoxy) is 1. The number of aliphatic hydroxyl groups excluding tert-OH is 3. The van der Waals surface area contributed by atoms with E-state index in [9.17, 15) is 24.9 Å². The number of anilines is 1. The quantitative estimate of drug-likeness (QED) is 0.301. The zero-order valence-electron chi connectivity index (χ0n) is 13.7. The lowest BCUT2D eigenvalue weighted by Gasteiger charge is -2.17. The standard InChI is InChI=1S/C14H17N5O8/c20-2-6-9(23)10(24)13(27-6)19-4-17-8-11(15-3-16-12(8)19)18-5(14(25)26)1-7(21)22/h3-6,9-10,13,20,23-24H,1-2H2,(H,21,22)(H,25,26)(H,15,16,18)/t5?,6-,9?,10+,13-/m1/s1. The molecule has 27 heavy (non-hydrogen) atoms. The summed E-state index contributed by atoms with van der Waals surface area (Å²) in [6, 6.07) is -1.44. The molecule has 3 rings (SSSR count). The first kappa shape index (κ1) is 18.9. The van der Waals surface area contributed by atoms with Gasteiger partial charge in [-0.1, -0.05) is 0 Å². The smallest absolute Gasteiger partial charge is 0.326 e. The van der Waals surface area contributed by atoms with Crippen molar-refractivity contribution in [1.29, 1.82) is 0 Å². The average molecular weight is 383 g/mol. The van der Waals surface area contributed by atoms with Crippen molar-refractivity contribution in [3.63, 3.8) is 0 Å². The number of aliphatic hydroxyl groups is 3. The molecule has 1 aliphatic rings. The molecule has 0 radical (unpaired) electrons. The van der Waals surface area contributed by atoms with Gasteiger partial charge in [0.05, 0.1) is 19.4 Å². The summed E-state index contributed by atoms with van der Waals surface area (Å²) in [5.74, 6) is -2.71. The highest BCUT2D eigenvalue weighted by atomic mass is 16.6. The molecule has 0 bridgehead atoms. The lowest BCUT2D eigenvalue weighted by atomic mass is 10.1. The van der Waals surface area contributed by atoms with Gasteiger partial charge in [0, 0.05) is 0 Å². The van der Waals surface area contributed by atoms with Crippen molar-refractivity contribution in [3.8, 4) is 0 Å². The molecule has 6 N–H and O–H groups in total. The van der Waals surface area contributed by atoms with Crippen LogP contribution in [0.3, 0.4) is 0 Å². The Hall–Kier alpha value is -2.87. The maximum atomic E-state index is 11.2. The minimum Gasteiger partial charge on any atom is -0.481 e. The highest BCUT2D eigenvalue weighted by molar-refractivity contribution is 5.88. The Kier molecular flexibility index (Phi) is 5.18. The molecule has 13 heteroatoms. The Morgan fingerprint density at radius 1 is 1.22 bits per heavy atom. The summed E-state index contributed by atoms with van der Waals surface area (Å²) < 4.78 is 6.72. The monoisotopic (exact) mass is 383 g/mol. The van der Waals surface area contributed by atoms with Crippen molar-refractivity contribution < 1.29 is 39.9 Å². The summed E-state index contributed by atoms with van der Waals surface area (Å²) in [5.41, 5.74) is 0.272. The van der Waals surface area contributed by atoms with Gasteiger partial charge in [-0.3, -0.25) is 9.36 Å². The predicted octanol–water partition coefficient (Wildman–Crippen LogP) is -2.22. The number of rotatable bonds is 7. The Morgan fingerprint density at radius 2 is 1.96 bits per heavy atom.